The van der Waals surface area contributed by atoms with Crippen molar-refractivity contribution in [3.05, 3.63) is 53.6 Å². The highest BCUT2D eigenvalue weighted by molar-refractivity contribution is 5.70. The van der Waals surface area contributed by atoms with E-state index in [2.05, 4.69) is 0 Å². The van der Waals surface area contributed by atoms with Gasteiger partial charge in [-0.25, -0.2) is 0 Å². The van der Waals surface area contributed by atoms with Crippen molar-refractivity contribution in [1.29, 1.82) is 10.5 Å². The smallest absolute Gasteiger partial charge is 0.0992 e. The van der Waals surface area contributed by atoms with Crippen LogP contribution in [0.25, 0.3) is 11.1 Å². The van der Waals surface area contributed by atoms with Gasteiger partial charge in [-0.3, -0.25) is 0 Å². The topological polar surface area (TPSA) is 73.6 Å². The number of nitrogens with two attached hydrogens (primary N) is 1. The molecule has 0 unspecified atom stereocenters. The van der Waals surface area contributed by atoms with Crippen molar-refractivity contribution in [3.63, 3.8) is 0 Å². The zero-order valence-electron chi connectivity index (χ0n) is 9.01. The van der Waals surface area contributed by atoms with E-state index in [0.717, 1.165) is 11.1 Å². The summed E-state index contributed by atoms with van der Waals surface area (Å²) in [4.78, 5) is 0. The molecular weight excluding hydrogens is 210 g/mol. The Kier molecular flexibility index (Phi) is 2.77. The summed E-state index contributed by atoms with van der Waals surface area (Å²) in [7, 11) is 0. The maximum absolute atomic E-state index is 8.90. The Morgan fingerprint density at radius 2 is 1.47 bits per heavy atom. The molecule has 0 radical (unpaired) electrons. The molecule has 0 saturated carbocycles. The van der Waals surface area contributed by atoms with Crippen LogP contribution in [0.4, 0.5) is 5.69 Å². The fraction of sp³-hybridized carbons (Fsp3) is 0. The van der Waals surface area contributed by atoms with Crippen molar-refractivity contribution in [2.45, 2.75) is 0 Å². The fourth-order valence-corrected chi connectivity index (χ4v) is 1.64. The van der Waals surface area contributed by atoms with Crippen LogP contribution in [0.2, 0.25) is 0 Å². The van der Waals surface area contributed by atoms with Gasteiger partial charge in [0.25, 0.3) is 0 Å². The molecule has 0 aromatic heterocycles. The number of hydrogen-bond acceptors (Lipinski definition) is 3. The van der Waals surface area contributed by atoms with Crippen LogP contribution in [0, 0.1) is 22.7 Å². The van der Waals surface area contributed by atoms with Crippen LogP contribution in [0.15, 0.2) is 42.5 Å². The number of rotatable bonds is 1. The van der Waals surface area contributed by atoms with Crippen LogP contribution in [0.3, 0.4) is 0 Å². The number of hydrogen-bond donors (Lipinski definition) is 1. The third-order valence-corrected chi connectivity index (χ3v) is 2.41. The molecule has 0 bridgehead atoms. The summed E-state index contributed by atoms with van der Waals surface area (Å²) in [6.07, 6.45) is 0. The van der Waals surface area contributed by atoms with Crippen molar-refractivity contribution in [3.8, 4) is 23.3 Å². The van der Waals surface area contributed by atoms with Gasteiger partial charge in [0.15, 0.2) is 0 Å². The quantitative estimate of drug-likeness (QED) is 0.749. The maximum atomic E-state index is 8.90. The van der Waals surface area contributed by atoms with Crippen molar-refractivity contribution in [2.75, 3.05) is 5.73 Å². The van der Waals surface area contributed by atoms with Crippen LogP contribution in [0.5, 0.6) is 0 Å². The molecule has 17 heavy (non-hydrogen) atoms. The largest absolute Gasteiger partial charge is 0.399 e. The summed E-state index contributed by atoms with van der Waals surface area (Å²) in [6, 6.07) is 16.5. The van der Waals surface area contributed by atoms with E-state index in [1.165, 1.54) is 0 Å². The van der Waals surface area contributed by atoms with E-state index in [4.69, 9.17) is 16.3 Å². The number of nitriles is 2. The molecule has 0 aliphatic heterocycles. The van der Waals surface area contributed by atoms with Crippen LogP contribution >= 0.6 is 0 Å². The predicted octanol–water partition coefficient (Wildman–Crippen LogP) is 2.68. The van der Waals surface area contributed by atoms with E-state index < -0.39 is 0 Å². The number of benzene rings is 2. The van der Waals surface area contributed by atoms with Crippen molar-refractivity contribution < 1.29 is 0 Å². The second kappa shape index (κ2) is 4.38. The Balaban J connectivity index is 2.60. The first-order valence-corrected chi connectivity index (χ1v) is 5.04. The van der Waals surface area contributed by atoms with E-state index in [1.807, 2.05) is 30.3 Å². The molecule has 0 saturated heterocycles. The van der Waals surface area contributed by atoms with Crippen LogP contribution in [-0.4, -0.2) is 0 Å². The lowest BCUT2D eigenvalue weighted by Gasteiger charge is -2.04. The first kappa shape index (κ1) is 10.7. The summed E-state index contributed by atoms with van der Waals surface area (Å²) in [5, 5.41) is 17.8. The van der Waals surface area contributed by atoms with E-state index >= 15 is 0 Å². The highest BCUT2D eigenvalue weighted by Gasteiger charge is 2.03. The fourth-order valence-electron chi connectivity index (χ4n) is 1.64. The molecule has 0 spiro atoms. The third-order valence-electron chi connectivity index (χ3n) is 2.41. The second-order valence-electron chi connectivity index (χ2n) is 3.65. The number of anilines is 1. The molecule has 0 atom stereocenters. The Bertz CT molecular complexity index is 613. The van der Waals surface area contributed by atoms with E-state index in [9.17, 15) is 0 Å². The molecule has 0 fully saturated rings. The molecule has 0 aliphatic carbocycles. The van der Waals surface area contributed by atoms with Crippen LogP contribution in [-0.2, 0) is 0 Å². The van der Waals surface area contributed by atoms with E-state index in [1.54, 1.807) is 24.3 Å². The molecule has 2 rings (SSSR count). The van der Waals surface area contributed by atoms with Gasteiger partial charge in [-0.1, -0.05) is 12.1 Å². The number of nitrogens with zero attached hydrogens (tertiary/aromatic N) is 2. The van der Waals surface area contributed by atoms with E-state index in [0.29, 0.717) is 16.8 Å². The lowest BCUT2D eigenvalue weighted by Crippen LogP contribution is -1.87. The van der Waals surface area contributed by atoms with Crippen molar-refractivity contribution >= 4 is 5.69 Å². The molecule has 2 aromatic rings. The van der Waals surface area contributed by atoms with Gasteiger partial charge in [0.1, 0.15) is 0 Å². The minimum atomic E-state index is 0.474. The molecule has 2 aromatic carbocycles. The summed E-state index contributed by atoms with van der Waals surface area (Å²) >= 11 is 0. The van der Waals surface area contributed by atoms with Gasteiger partial charge in [0.2, 0.25) is 0 Å². The maximum Gasteiger partial charge on any atom is 0.0992 e. The SMILES string of the molecule is N#Cc1cc(C#N)cc(-c2cccc(N)c2)c1. The molecule has 0 amide bonds. The van der Waals surface area contributed by atoms with Crippen LogP contribution in [0.1, 0.15) is 11.1 Å². The average molecular weight is 219 g/mol. The van der Waals surface area contributed by atoms with Gasteiger partial charge in [0, 0.05) is 5.69 Å². The van der Waals surface area contributed by atoms with Crippen molar-refractivity contribution in [2.24, 2.45) is 0 Å². The van der Waals surface area contributed by atoms with Gasteiger partial charge in [-0.15, -0.1) is 0 Å². The lowest BCUT2D eigenvalue weighted by molar-refractivity contribution is 1.44. The summed E-state index contributed by atoms with van der Waals surface area (Å²) in [5.74, 6) is 0. The molecule has 2 N–H and O–H groups in total. The minimum Gasteiger partial charge on any atom is -0.399 e. The molecular formula is C14H9N3. The minimum absolute atomic E-state index is 0.474. The first-order chi connectivity index (χ1) is 8.22. The van der Waals surface area contributed by atoms with Gasteiger partial charge < -0.3 is 5.73 Å². The molecule has 0 aliphatic rings. The highest BCUT2D eigenvalue weighted by Crippen LogP contribution is 2.23. The second-order valence-corrected chi connectivity index (χ2v) is 3.65. The van der Waals surface area contributed by atoms with Crippen LogP contribution < -0.4 is 5.73 Å². The van der Waals surface area contributed by atoms with Crippen molar-refractivity contribution in [1.82, 2.24) is 0 Å². The highest BCUT2D eigenvalue weighted by atomic mass is 14.5. The lowest BCUT2D eigenvalue weighted by atomic mass is 10.0. The Labute approximate surface area is 99.3 Å². The standard InChI is InChI=1S/C14H9N3/c15-8-10-4-11(9-16)6-13(5-10)12-2-1-3-14(17)7-12/h1-7H,17H2. The normalized spacial score (nSPS) is 9.29. The summed E-state index contributed by atoms with van der Waals surface area (Å²) in [5.41, 5.74) is 9.04. The number of nitrogen functional groups attached to an aromatic ring is 1. The third kappa shape index (κ3) is 2.25. The zero-order valence-corrected chi connectivity index (χ0v) is 9.01. The summed E-state index contributed by atoms with van der Waals surface area (Å²) < 4.78 is 0. The van der Waals surface area contributed by atoms with Gasteiger partial charge in [-0.05, 0) is 41.5 Å². The zero-order chi connectivity index (χ0) is 12.3. The Morgan fingerprint density at radius 1 is 0.824 bits per heavy atom. The Hall–Kier alpha value is -2.78. The summed E-state index contributed by atoms with van der Waals surface area (Å²) in [6.45, 7) is 0. The van der Waals surface area contributed by atoms with E-state index in [-0.39, 0.29) is 0 Å². The molecule has 80 valence electrons. The first-order valence-electron chi connectivity index (χ1n) is 5.04. The molecule has 0 heterocycles. The monoisotopic (exact) mass is 219 g/mol. The predicted molar refractivity (Wildman–Crippen MR) is 65.7 cm³/mol. The van der Waals surface area contributed by atoms with Gasteiger partial charge in [0.05, 0.1) is 23.3 Å². The molecule has 3 heteroatoms. The van der Waals surface area contributed by atoms with Gasteiger partial charge >= 0.3 is 0 Å². The van der Waals surface area contributed by atoms with Gasteiger partial charge in [-0.2, -0.15) is 10.5 Å². The Morgan fingerprint density at radius 3 is 2.00 bits per heavy atom. The average Bonchev–Trinajstić information content (AvgIpc) is 2.38. The molecule has 3 nitrogen and oxygen atoms in total.